The Morgan fingerprint density at radius 2 is 1.92 bits per heavy atom. The predicted octanol–water partition coefficient (Wildman–Crippen LogP) is 2.89. The van der Waals surface area contributed by atoms with Crippen LogP contribution in [0.15, 0.2) is 18.3 Å². The number of nitrogens with zero attached hydrogens (tertiary/aromatic N) is 1. The van der Waals surface area contributed by atoms with E-state index in [4.69, 9.17) is 21.1 Å². The minimum absolute atomic E-state index is 0.145. The summed E-state index contributed by atoms with van der Waals surface area (Å²) in [7, 11) is 1.26. The average molecular weight is 365 g/mol. The molecule has 0 fully saturated rings. The van der Waals surface area contributed by atoms with Crippen LogP contribution in [-0.2, 0) is 9.47 Å². The normalized spacial score (nSPS) is 11.7. The van der Waals surface area contributed by atoms with Gasteiger partial charge in [0, 0.05) is 11.9 Å². The largest absolute Gasteiger partial charge is 0.465 e. The molecular weight excluding hydrogens is 348 g/mol. The van der Waals surface area contributed by atoms with Gasteiger partial charge in [0.1, 0.15) is 5.15 Å². The van der Waals surface area contributed by atoms with Gasteiger partial charge in [-0.05, 0) is 38.5 Å². The minimum atomic E-state index is -1.05. The Hall–Kier alpha value is -2.67. The number of ketones is 1. The molecule has 0 radical (unpaired) electrons. The molecule has 0 spiro atoms. The van der Waals surface area contributed by atoms with E-state index in [9.17, 15) is 14.4 Å². The topological polar surface area (TPSA) is 98.4 Å². The average Bonchev–Trinajstić information content (AvgIpc) is 2.87. The third kappa shape index (κ3) is 3.88. The molecule has 0 amide bonds. The predicted molar refractivity (Wildman–Crippen MR) is 90.1 cm³/mol. The van der Waals surface area contributed by atoms with E-state index < -0.39 is 23.8 Å². The Labute approximate surface area is 149 Å². The molecule has 0 saturated heterocycles. The van der Waals surface area contributed by atoms with E-state index in [0.29, 0.717) is 16.8 Å². The second kappa shape index (κ2) is 7.48. The Bertz CT molecular complexity index is 844. The van der Waals surface area contributed by atoms with Crippen LogP contribution in [0, 0.1) is 13.8 Å². The quantitative estimate of drug-likeness (QED) is 0.497. The zero-order valence-corrected chi connectivity index (χ0v) is 14.9. The monoisotopic (exact) mass is 364 g/mol. The minimum Gasteiger partial charge on any atom is -0.465 e. The van der Waals surface area contributed by atoms with Gasteiger partial charge in [0.2, 0.25) is 5.78 Å². The van der Waals surface area contributed by atoms with Crippen molar-refractivity contribution in [2.24, 2.45) is 0 Å². The van der Waals surface area contributed by atoms with Gasteiger partial charge in [-0.25, -0.2) is 14.6 Å². The van der Waals surface area contributed by atoms with Gasteiger partial charge < -0.3 is 14.5 Å². The molecule has 1 N–H and O–H groups in total. The summed E-state index contributed by atoms with van der Waals surface area (Å²) in [6.45, 7) is 4.74. The highest BCUT2D eigenvalue weighted by Crippen LogP contribution is 2.21. The molecule has 2 aromatic rings. The molecule has 0 aliphatic carbocycles. The molecule has 8 heteroatoms. The van der Waals surface area contributed by atoms with Crippen molar-refractivity contribution in [1.29, 1.82) is 0 Å². The van der Waals surface area contributed by atoms with Crippen LogP contribution in [0.25, 0.3) is 0 Å². The summed E-state index contributed by atoms with van der Waals surface area (Å²) >= 11 is 5.73. The Kier molecular flexibility index (Phi) is 5.58. The van der Waals surface area contributed by atoms with E-state index in [1.807, 2.05) is 0 Å². The third-order valence-electron chi connectivity index (χ3n) is 3.69. The molecule has 0 aliphatic heterocycles. The molecule has 25 heavy (non-hydrogen) atoms. The smallest absolute Gasteiger partial charge is 0.339 e. The summed E-state index contributed by atoms with van der Waals surface area (Å²) in [5.41, 5.74) is 1.64. The number of aromatic amines is 1. The fraction of sp³-hybridized carbons (Fsp3) is 0.294. The number of carbonyl (C=O) groups excluding carboxylic acids is 3. The number of ether oxygens (including phenoxy) is 2. The Morgan fingerprint density at radius 3 is 2.52 bits per heavy atom. The second-order valence-corrected chi connectivity index (χ2v) is 5.78. The summed E-state index contributed by atoms with van der Waals surface area (Å²) < 4.78 is 9.90. The number of carbonyl (C=O) groups is 3. The van der Waals surface area contributed by atoms with Crippen molar-refractivity contribution in [3.05, 3.63) is 51.6 Å². The number of Topliss-reactive ketones (excluding diaryl/α,β-unsaturated/α-hetero) is 1. The van der Waals surface area contributed by atoms with Gasteiger partial charge in [0.15, 0.2) is 6.10 Å². The van der Waals surface area contributed by atoms with Crippen LogP contribution in [0.1, 0.15) is 49.4 Å². The lowest BCUT2D eigenvalue weighted by Gasteiger charge is -2.12. The van der Waals surface area contributed by atoms with E-state index in [1.54, 1.807) is 13.8 Å². The maximum absolute atomic E-state index is 12.6. The van der Waals surface area contributed by atoms with Crippen LogP contribution in [0.5, 0.6) is 0 Å². The van der Waals surface area contributed by atoms with Crippen molar-refractivity contribution in [2.75, 3.05) is 7.11 Å². The number of nitrogens with one attached hydrogen (secondary N) is 1. The van der Waals surface area contributed by atoms with E-state index in [0.717, 1.165) is 0 Å². The molecule has 0 aliphatic rings. The zero-order chi connectivity index (χ0) is 18.7. The van der Waals surface area contributed by atoms with Gasteiger partial charge in [0.25, 0.3) is 0 Å². The summed E-state index contributed by atoms with van der Waals surface area (Å²) in [5.74, 6) is -1.69. The van der Waals surface area contributed by atoms with Crippen molar-refractivity contribution in [3.63, 3.8) is 0 Å². The molecule has 1 atom stereocenters. The van der Waals surface area contributed by atoms with Gasteiger partial charge >= 0.3 is 11.9 Å². The zero-order valence-electron chi connectivity index (χ0n) is 14.2. The molecule has 0 unspecified atom stereocenters. The van der Waals surface area contributed by atoms with E-state index in [1.165, 1.54) is 32.4 Å². The standard InChI is InChI=1S/C17H17ClN2O5/c1-8-13(17(23)24-4)9(2)20-14(8)15(21)10(3)25-16(22)11-5-6-19-12(18)7-11/h5-7,10,20H,1-4H3/t10-/m0/s1. The molecule has 0 aromatic carbocycles. The lowest BCUT2D eigenvalue weighted by atomic mass is 10.1. The number of H-pyrrole nitrogens is 1. The maximum atomic E-state index is 12.6. The lowest BCUT2D eigenvalue weighted by Crippen LogP contribution is -2.25. The number of hydrogen-bond donors (Lipinski definition) is 1. The van der Waals surface area contributed by atoms with Gasteiger partial charge in [0.05, 0.1) is 23.9 Å². The highest BCUT2D eigenvalue weighted by molar-refractivity contribution is 6.29. The van der Waals surface area contributed by atoms with Crippen LogP contribution in [0.3, 0.4) is 0 Å². The Morgan fingerprint density at radius 1 is 1.24 bits per heavy atom. The first-order valence-electron chi connectivity index (χ1n) is 7.40. The fourth-order valence-electron chi connectivity index (χ4n) is 2.42. The number of aryl methyl sites for hydroxylation is 1. The van der Waals surface area contributed by atoms with Crippen molar-refractivity contribution in [3.8, 4) is 0 Å². The number of hydrogen-bond acceptors (Lipinski definition) is 6. The molecule has 7 nitrogen and oxygen atoms in total. The summed E-state index contributed by atoms with van der Waals surface area (Å²) in [4.78, 5) is 43.1. The maximum Gasteiger partial charge on any atom is 0.339 e. The number of halogens is 1. The van der Waals surface area contributed by atoms with Crippen LogP contribution in [0.4, 0.5) is 0 Å². The number of rotatable bonds is 5. The SMILES string of the molecule is COC(=O)c1c(C)[nH]c(C(=O)[C@H](C)OC(=O)c2ccnc(Cl)c2)c1C. The summed E-state index contributed by atoms with van der Waals surface area (Å²) in [6, 6.07) is 2.78. The molecule has 2 aromatic heterocycles. The van der Waals surface area contributed by atoms with Crippen molar-refractivity contribution in [1.82, 2.24) is 9.97 Å². The molecular formula is C17H17ClN2O5. The van der Waals surface area contributed by atoms with E-state index in [-0.39, 0.29) is 16.4 Å². The van der Waals surface area contributed by atoms with Gasteiger partial charge in [-0.15, -0.1) is 0 Å². The fourth-order valence-corrected chi connectivity index (χ4v) is 2.59. The summed E-state index contributed by atoms with van der Waals surface area (Å²) in [5, 5.41) is 0.145. The highest BCUT2D eigenvalue weighted by atomic mass is 35.5. The van der Waals surface area contributed by atoms with Crippen LogP contribution in [0.2, 0.25) is 5.15 Å². The van der Waals surface area contributed by atoms with Crippen molar-refractivity contribution < 1.29 is 23.9 Å². The van der Waals surface area contributed by atoms with Crippen LogP contribution < -0.4 is 0 Å². The molecule has 0 bridgehead atoms. The number of methoxy groups -OCH3 is 1. The number of pyridine rings is 1. The highest BCUT2D eigenvalue weighted by Gasteiger charge is 2.27. The van der Waals surface area contributed by atoms with Gasteiger partial charge in [-0.1, -0.05) is 11.6 Å². The van der Waals surface area contributed by atoms with Crippen molar-refractivity contribution in [2.45, 2.75) is 26.9 Å². The van der Waals surface area contributed by atoms with Crippen LogP contribution in [-0.4, -0.2) is 40.9 Å². The summed E-state index contributed by atoms with van der Waals surface area (Å²) in [6.07, 6.45) is 0.314. The first kappa shape index (κ1) is 18.7. The number of aromatic nitrogens is 2. The van der Waals surface area contributed by atoms with E-state index in [2.05, 4.69) is 9.97 Å². The molecule has 2 rings (SSSR count). The molecule has 132 valence electrons. The Balaban J connectivity index is 2.20. The molecule has 2 heterocycles. The van der Waals surface area contributed by atoms with Crippen molar-refractivity contribution >= 4 is 29.3 Å². The van der Waals surface area contributed by atoms with E-state index >= 15 is 0 Å². The second-order valence-electron chi connectivity index (χ2n) is 5.40. The van der Waals surface area contributed by atoms with Gasteiger partial charge in [-0.3, -0.25) is 4.79 Å². The van der Waals surface area contributed by atoms with Gasteiger partial charge in [-0.2, -0.15) is 0 Å². The van der Waals surface area contributed by atoms with Crippen LogP contribution >= 0.6 is 11.6 Å². The third-order valence-corrected chi connectivity index (χ3v) is 3.90. The molecule has 0 saturated carbocycles. The first-order valence-corrected chi connectivity index (χ1v) is 7.78. The lowest BCUT2D eigenvalue weighted by molar-refractivity contribution is 0.0316. The number of esters is 2. The first-order chi connectivity index (χ1) is 11.8.